The molecule has 0 aromatic rings. The van der Waals surface area contributed by atoms with E-state index >= 15 is 0 Å². The number of rotatable bonds is 6. The molecule has 7 heteroatoms. The largest absolute Gasteiger partial charge is 0.480 e. The van der Waals surface area contributed by atoms with Gasteiger partial charge >= 0.3 is 18.0 Å². The van der Waals surface area contributed by atoms with Crippen LogP contribution in [0.25, 0.3) is 0 Å². The number of carbonyl (C=O) groups excluding carboxylic acids is 2. The Hall–Kier alpha value is -2.05. The number of carboxylic acid groups (broad SMARTS) is 1. The lowest BCUT2D eigenvalue weighted by atomic mass is 10.2. The second kappa shape index (κ2) is 7.40. The number of carboxylic acids is 1. The van der Waals surface area contributed by atoms with E-state index in [0.29, 0.717) is 0 Å². The first-order chi connectivity index (χ1) is 8.65. The minimum Gasteiger partial charge on any atom is -0.480 e. The summed E-state index contributed by atoms with van der Waals surface area (Å²) >= 11 is 0. The van der Waals surface area contributed by atoms with Crippen LogP contribution < -0.4 is 5.32 Å². The molecule has 0 fully saturated rings. The second-order valence-electron chi connectivity index (χ2n) is 4.71. The summed E-state index contributed by atoms with van der Waals surface area (Å²) in [6.45, 7) is 8.25. The Balaban J connectivity index is 4.42. The molecule has 2 N–H and O–H groups in total. The maximum Gasteiger partial charge on any atom is 0.408 e. The summed E-state index contributed by atoms with van der Waals surface area (Å²) in [5.41, 5.74) is -0.753. The van der Waals surface area contributed by atoms with E-state index in [1.165, 1.54) is 6.08 Å². The van der Waals surface area contributed by atoms with E-state index in [4.69, 9.17) is 9.84 Å². The molecule has 7 nitrogen and oxygen atoms in total. The zero-order valence-electron chi connectivity index (χ0n) is 11.3. The molecule has 1 atom stereocenters. The van der Waals surface area contributed by atoms with Crippen LogP contribution in [0.1, 0.15) is 27.2 Å². The highest BCUT2D eigenvalue weighted by molar-refractivity contribution is 5.85. The average Bonchev–Trinajstić information content (AvgIpc) is 2.22. The fourth-order valence-corrected chi connectivity index (χ4v) is 1.03. The van der Waals surface area contributed by atoms with Crippen LogP contribution in [0.15, 0.2) is 12.7 Å². The summed E-state index contributed by atoms with van der Waals surface area (Å²) in [4.78, 5) is 33.6. The average molecular weight is 273 g/mol. The van der Waals surface area contributed by atoms with Gasteiger partial charge in [0.15, 0.2) is 0 Å². The van der Waals surface area contributed by atoms with Gasteiger partial charge in [0.05, 0.1) is 6.42 Å². The number of ether oxygens (including phenoxy) is 2. The van der Waals surface area contributed by atoms with Gasteiger partial charge < -0.3 is 19.9 Å². The lowest BCUT2D eigenvalue weighted by molar-refractivity contribution is -0.148. The van der Waals surface area contributed by atoms with Crippen LogP contribution in [0.3, 0.4) is 0 Å². The van der Waals surface area contributed by atoms with Gasteiger partial charge in [-0.3, -0.25) is 4.79 Å². The van der Waals surface area contributed by atoms with Crippen LogP contribution >= 0.6 is 0 Å². The first-order valence-corrected chi connectivity index (χ1v) is 5.64. The molecule has 0 aliphatic rings. The quantitative estimate of drug-likeness (QED) is 0.554. The van der Waals surface area contributed by atoms with Crippen molar-refractivity contribution < 1.29 is 29.0 Å². The van der Waals surface area contributed by atoms with Crippen LogP contribution in [0.4, 0.5) is 4.79 Å². The van der Waals surface area contributed by atoms with Gasteiger partial charge in [-0.15, -0.1) is 0 Å². The van der Waals surface area contributed by atoms with Crippen LogP contribution in [-0.4, -0.2) is 41.4 Å². The van der Waals surface area contributed by atoms with Gasteiger partial charge in [-0.1, -0.05) is 12.7 Å². The Kier molecular flexibility index (Phi) is 6.60. The minimum absolute atomic E-state index is 0.0163. The van der Waals surface area contributed by atoms with E-state index < -0.39 is 36.1 Å². The van der Waals surface area contributed by atoms with Crippen LogP contribution in [0, 0.1) is 0 Å². The van der Waals surface area contributed by atoms with Crippen molar-refractivity contribution in [3.63, 3.8) is 0 Å². The maximum atomic E-state index is 11.4. The van der Waals surface area contributed by atoms with Crippen molar-refractivity contribution >= 4 is 18.0 Å². The number of hydrogen-bond acceptors (Lipinski definition) is 5. The molecule has 19 heavy (non-hydrogen) atoms. The number of amides is 1. The number of alkyl carbamates (subject to hydrolysis) is 1. The van der Waals surface area contributed by atoms with E-state index in [1.54, 1.807) is 20.8 Å². The number of carbonyl (C=O) groups is 3. The molecule has 108 valence electrons. The molecular weight excluding hydrogens is 254 g/mol. The highest BCUT2D eigenvalue weighted by Crippen LogP contribution is 2.07. The molecule has 0 saturated heterocycles. The number of hydrogen-bond donors (Lipinski definition) is 2. The van der Waals surface area contributed by atoms with Crippen molar-refractivity contribution in [3.8, 4) is 0 Å². The van der Waals surface area contributed by atoms with Crippen molar-refractivity contribution in [2.45, 2.75) is 38.8 Å². The van der Waals surface area contributed by atoms with Crippen molar-refractivity contribution in [2.24, 2.45) is 0 Å². The second-order valence-corrected chi connectivity index (χ2v) is 4.71. The third-order valence-electron chi connectivity index (χ3n) is 1.72. The van der Waals surface area contributed by atoms with E-state index in [9.17, 15) is 14.4 Å². The third-order valence-corrected chi connectivity index (χ3v) is 1.72. The number of aliphatic carboxylic acids is 1. The first kappa shape index (κ1) is 16.9. The Morgan fingerprint density at radius 1 is 1.37 bits per heavy atom. The predicted molar refractivity (Wildman–Crippen MR) is 66.6 cm³/mol. The molecule has 0 aromatic carbocycles. The molecule has 0 aliphatic carbocycles. The Morgan fingerprint density at radius 3 is 2.37 bits per heavy atom. The van der Waals surface area contributed by atoms with Gasteiger partial charge in [-0.25, -0.2) is 9.59 Å². The lowest BCUT2D eigenvalue weighted by Gasteiger charge is -2.21. The lowest BCUT2D eigenvalue weighted by Crippen LogP contribution is -2.44. The fraction of sp³-hybridized carbons (Fsp3) is 0.583. The molecule has 1 amide bonds. The molecule has 0 aliphatic heterocycles. The molecule has 0 saturated carbocycles. The van der Waals surface area contributed by atoms with Crippen molar-refractivity contribution in [1.29, 1.82) is 0 Å². The highest BCUT2D eigenvalue weighted by atomic mass is 16.6. The van der Waals surface area contributed by atoms with Gasteiger partial charge in [-0.05, 0) is 20.8 Å². The van der Waals surface area contributed by atoms with E-state index in [2.05, 4.69) is 16.6 Å². The molecule has 0 bridgehead atoms. The number of nitrogens with one attached hydrogen (secondary N) is 1. The summed E-state index contributed by atoms with van der Waals surface area (Å²) in [7, 11) is 0. The molecule has 0 rings (SSSR count). The zero-order valence-corrected chi connectivity index (χ0v) is 11.3. The number of esters is 1. The van der Waals surface area contributed by atoms with Crippen molar-refractivity contribution in [3.05, 3.63) is 12.7 Å². The van der Waals surface area contributed by atoms with E-state index in [1.807, 2.05) is 0 Å². The topological polar surface area (TPSA) is 102 Å². The predicted octanol–water partition coefficient (Wildman–Crippen LogP) is 1.08. The van der Waals surface area contributed by atoms with Crippen LogP contribution in [-0.2, 0) is 19.1 Å². The molecule has 0 heterocycles. The molecule has 0 unspecified atom stereocenters. The van der Waals surface area contributed by atoms with Crippen LogP contribution in [0.2, 0.25) is 0 Å². The summed E-state index contributed by atoms with van der Waals surface area (Å²) < 4.78 is 9.54. The minimum atomic E-state index is -1.40. The Morgan fingerprint density at radius 2 is 1.95 bits per heavy atom. The SMILES string of the molecule is C=CCOC(=O)C[C@H](NC(=O)OC(C)(C)C)C(=O)O. The molecule has 0 radical (unpaired) electrons. The Labute approximate surface area is 111 Å². The normalized spacial score (nSPS) is 12.2. The summed E-state index contributed by atoms with van der Waals surface area (Å²) in [5.74, 6) is -2.09. The monoisotopic (exact) mass is 273 g/mol. The fourth-order valence-electron chi connectivity index (χ4n) is 1.03. The smallest absolute Gasteiger partial charge is 0.408 e. The third kappa shape index (κ3) is 8.64. The van der Waals surface area contributed by atoms with E-state index in [0.717, 1.165) is 0 Å². The maximum absolute atomic E-state index is 11.4. The molecule has 0 aromatic heterocycles. The van der Waals surface area contributed by atoms with Crippen LogP contribution in [0.5, 0.6) is 0 Å². The van der Waals surface area contributed by atoms with Gasteiger partial charge in [0.2, 0.25) is 0 Å². The van der Waals surface area contributed by atoms with Gasteiger partial charge in [0.25, 0.3) is 0 Å². The first-order valence-electron chi connectivity index (χ1n) is 5.64. The summed E-state index contributed by atoms with van der Waals surface area (Å²) in [6, 6.07) is -1.40. The van der Waals surface area contributed by atoms with Gasteiger partial charge in [0, 0.05) is 0 Å². The standard InChI is InChI=1S/C12H19NO6/c1-5-6-18-9(14)7-8(10(15)16)13-11(17)19-12(2,3)4/h5,8H,1,6-7H2,2-4H3,(H,13,17)(H,15,16)/t8-/m0/s1. The van der Waals surface area contributed by atoms with Gasteiger partial charge in [-0.2, -0.15) is 0 Å². The van der Waals surface area contributed by atoms with E-state index in [-0.39, 0.29) is 6.61 Å². The highest BCUT2D eigenvalue weighted by Gasteiger charge is 2.26. The zero-order chi connectivity index (χ0) is 15.1. The van der Waals surface area contributed by atoms with Gasteiger partial charge in [0.1, 0.15) is 18.2 Å². The molecular formula is C12H19NO6. The van der Waals surface area contributed by atoms with Crippen molar-refractivity contribution in [1.82, 2.24) is 5.32 Å². The summed E-state index contributed by atoms with van der Waals surface area (Å²) in [5, 5.41) is 11.0. The Bertz CT molecular complexity index is 358. The van der Waals surface area contributed by atoms with Crippen molar-refractivity contribution in [2.75, 3.05) is 6.61 Å². The molecule has 0 spiro atoms. The summed E-state index contributed by atoms with van der Waals surface area (Å²) in [6.07, 6.45) is -0.0337.